The molecule has 2 aromatic rings. The maximum atomic E-state index is 12.6. The molecular weight excluding hydrogens is 328 g/mol. The van der Waals surface area contributed by atoms with Crippen molar-refractivity contribution in [2.24, 2.45) is 5.41 Å². The van der Waals surface area contributed by atoms with Gasteiger partial charge in [0.05, 0.1) is 0 Å². The van der Waals surface area contributed by atoms with Crippen molar-refractivity contribution in [2.75, 3.05) is 31.1 Å². The first kappa shape index (κ1) is 18.5. The lowest BCUT2D eigenvalue weighted by molar-refractivity contribution is -0.0103. The van der Waals surface area contributed by atoms with Gasteiger partial charge in [-0.2, -0.15) is 0 Å². The molecule has 3 heterocycles. The normalized spacial score (nSPS) is 16.2. The summed E-state index contributed by atoms with van der Waals surface area (Å²) in [6.07, 6.45) is 4.35. The van der Waals surface area contributed by atoms with Crippen molar-refractivity contribution in [3.63, 3.8) is 0 Å². The molecule has 0 saturated carbocycles. The molecule has 1 fully saturated rings. The number of nitrogens with zero attached hydrogens (tertiary/aromatic N) is 3. The Kier molecular flexibility index (Phi) is 4.86. The second kappa shape index (κ2) is 6.82. The molecule has 26 heavy (non-hydrogen) atoms. The average Bonchev–Trinajstić information content (AvgIpc) is 3.00. The summed E-state index contributed by atoms with van der Waals surface area (Å²) in [6, 6.07) is 4.09. The van der Waals surface area contributed by atoms with Crippen LogP contribution in [0.25, 0.3) is 11.0 Å². The lowest BCUT2D eigenvalue weighted by atomic mass is 9.84. The zero-order valence-electron chi connectivity index (χ0n) is 16.5. The number of carbonyl (C=O) groups is 1. The van der Waals surface area contributed by atoms with Crippen molar-refractivity contribution in [2.45, 2.75) is 46.6 Å². The van der Waals surface area contributed by atoms with Gasteiger partial charge in [0.1, 0.15) is 11.2 Å². The fraction of sp³-hybridized carbons (Fsp3) is 0.600. The van der Waals surface area contributed by atoms with Crippen LogP contribution in [0.5, 0.6) is 0 Å². The van der Waals surface area contributed by atoms with E-state index in [2.05, 4.69) is 35.6 Å². The second-order valence-corrected chi connectivity index (χ2v) is 8.91. The number of H-pyrrole nitrogens is 1. The summed E-state index contributed by atoms with van der Waals surface area (Å²) >= 11 is 0. The van der Waals surface area contributed by atoms with E-state index < -0.39 is 5.60 Å². The number of hydrogen-bond acceptors (Lipinski definition) is 4. The van der Waals surface area contributed by atoms with Crippen LogP contribution in [0.2, 0.25) is 0 Å². The van der Waals surface area contributed by atoms with E-state index >= 15 is 0 Å². The van der Waals surface area contributed by atoms with Gasteiger partial charge in [0.15, 0.2) is 0 Å². The van der Waals surface area contributed by atoms with Crippen molar-refractivity contribution >= 4 is 22.8 Å². The molecule has 0 bridgehead atoms. The molecule has 0 spiro atoms. The molecule has 0 aromatic carbocycles. The molecule has 0 radical (unpaired) electrons. The van der Waals surface area contributed by atoms with Crippen molar-refractivity contribution < 1.29 is 9.53 Å². The summed E-state index contributed by atoms with van der Waals surface area (Å²) in [5, 5.41) is 1.12. The minimum atomic E-state index is -0.463. The molecule has 3 rings (SSSR count). The van der Waals surface area contributed by atoms with Gasteiger partial charge in [-0.3, -0.25) is 0 Å². The third-order valence-corrected chi connectivity index (χ3v) is 4.64. The maximum absolute atomic E-state index is 12.6. The summed E-state index contributed by atoms with van der Waals surface area (Å²) in [7, 11) is 0. The number of amides is 1. The number of ether oxygens (including phenoxy) is 1. The minimum Gasteiger partial charge on any atom is -0.443 e. The monoisotopic (exact) mass is 358 g/mol. The van der Waals surface area contributed by atoms with Crippen LogP contribution in [0.4, 0.5) is 10.5 Å². The van der Waals surface area contributed by atoms with Gasteiger partial charge in [-0.1, -0.05) is 20.8 Å². The predicted molar refractivity (Wildman–Crippen MR) is 105 cm³/mol. The van der Waals surface area contributed by atoms with Gasteiger partial charge < -0.3 is 19.5 Å². The van der Waals surface area contributed by atoms with Gasteiger partial charge in [0.25, 0.3) is 0 Å². The highest BCUT2D eigenvalue weighted by atomic mass is 16.6. The van der Waals surface area contributed by atoms with Crippen molar-refractivity contribution in [1.29, 1.82) is 0 Å². The molecule has 1 N–H and O–H groups in total. The SMILES string of the molecule is CC(C)(C)CC(C)(C)OC(=O)N1CCN(c2ccnc3[nH]ccc23)CC1. The van der Waals surface area contributed by atoms with Gasteiger partial charge in [0, 0.05) is 49.6 Å². The predicted octanol–water partition coefficient (Wildman–Crippen LogP) is 4.04. The first-order chi connectivity index (χ1) is 12.1. The van der Waals surface area contributed by atoms with E-state index in [4.69, 9.17) is 4.74 Å². The third-order valence-electron chi connectivity index (χ3n) is 4.64. The van der Waals surface area contributed by atoms with Crippen LogP contribution in [0, 0.1) is 5.41 Å². The number of nitrogens with one attached hydrogen (secondary N) is 1. The lowest BCUT2D eigenvalue weighted by Gasteiger charge is -2.38. The van der Waals surface area contributed by atoms with Crippen LogP contribution in [-0.4, -0.2) is 52.7 Å². The zero-order chi connectivity index (χ0) is 18.9. The summed E-state index contributed by atoms with van der Waals surface area (Å²) in [5.74, 6) is 0. The fourth-order valence-electron chi connectivity index (χ4n) is 3.97. The molecule has 6 heteroatoms. The smallest absolute Gasteiger partial charge is 0.410 e. The molecule has 1 aliphatic heterocycles. The Bertz CT molecular complexity index is 767. The highest BCUT2D eigenvalue weighted by molar-refractivity contribution is 5.89. The number of rotatable bonds is 3. The molecule has 1 amide bonds. The Morgan fingerprint density at radius 1 is 1.15 bits per heavy atom. The molecule has 142 valence electrons. The summed E-state index contributed by atoms with van der Waals surface area (Å²) in [5.41, 5.74) is 1.71. The fourth-order valence-corrected chi connectivity index (χ4v) is 3.97. The molecule has 6 nitrogen and oxygen atoms in total. The van der Waals surface area contributed by atoms with Gasteiger partial charge >= 0.3 is 6.09 Å². The van der Waals surface area contributed by atoms with E-state index in [9.17, 15) is 4.79 Å². The summed E-state index contributed by atoms with van der Waals surface area (Å²) in [6.45, 7) is 13.4. The number of anilines is 1. The number of hydrogen-bond donors (Lipinski definition) is 1. The Morgan fingerprint density at radius 2 is 1.85 bits per heavy atom. The number of carbonyl (C=O) groups excluding carboxylic acids is 1. The van der Waals surface area contributed by atoms with Gasteiger partial charge in [-0.15, -0.1) is 0 Å². The average molecular weight is 358 g/mol. The van der Waals surface area contributed by atoms with Crippen LogP contribution in [0.15, 0.2) is 24.5 Å². The van der Waals surface area contributed by atoms with Crippen LogP contribution in [0.1, 0.15) is 41.0 Å². The molecule has 0 unspecified atom stereocenters. The van der Waals surface area contributed by atoms with E-state index in [1.165, 1.54) is 0 Å². The second-order valence-electron chi connectivity index (χ2n) is 8.91. The highest BCUT2D eigenvalue weighted by Gasteiger charge is 2.32. The van der Waals surface area contributed by atoms with E-state index in [1.54, 1.807) is 0 Å². The Balaban J connectivity index is 1.60. The standard InChI is InChI=1S/C20H30N4O2/c1-19(2,3)14-20(4,5)26-18(25)24-12-10-23(11-13-24)16-7-9-22-17-15(16)6-8-21-17/h6-9H,10-14H2,1-5H3,(H,21,22). The topological polar surface area (TPSA) is 61.5 Å². The van der Waals surface area contributed by atoms with Crippen LogP contribution in [-0.2, 0) is 4.74 Å². The Morgan fingerprint density at radius 3 is 2.50 bits per heavy atom. The van der Waals surface area contributed by atoms with Gasteiger partial charge in [0.2, 0.25) is 0 Å². The zero-order valence-corrected chi connectivity index (χ0v) is 16.5. The van der Waals surface area contributed by atoms with Crippen LogP contribution >= 0.6 is 0 Å². The first-order valence-corrected chi connectivity index (χ1v) is 9.30. The summed E-state index contributed by atoms with van der Waals surface area (Å²) < 4.78 is 5.81. The quantitative estimate of drug-likeness (QED) is 0.900. The highest BCUT2D eigenvalue weighted by Crippen LogP contribution is 2.30. The third kappa shape index (κ3) is 4.29. The molecule has 0 aliphatic carbocycles. The largest absolute Gasteiger partial charge is 0.443 e. The van der Waals surface area contributed by atoms with E-state index in [0.29, 0.717) is 13.1 Å². The number of aromatic amines is 1. The van der Waals surface area contributed by atoms with Crippen molar-refractivity contribution in [3.05, 3.63) is 24.5 Å². The number of piperazine rings is 1. The molecule has 1 saturated heterocycles. The molecular formula is C20H30N4O2. The number of fused-ring (bicyclic) bond motifs is 1. The van der Waals surface area contributed by atoms with E-state index in [0.717, 1.165) is 36.2 Å². The maximum Gasteiger partial charge on any atom is 0.410 e. The number of aromatic nitrogens is 2. The molecule has 2 aromatic heterocycles. The number of pyridine rings is 1. The minimum absolute atomic E-state index is 0.117. The summed E-state index contributed by atoms with van der Waals surface area (Å²) in [4.78, 5) is 24.2. The van der Waals surface area contributed by atoms with Crippen LogP contribution in [0.3, 0.4) is 0 Å². The van der Waals surface area contributed by atoms with E-state index in [1.807, 2.05) is 43.3 Å². The van der Waals surface area contributed by atoms with Crippen LogP contribution < -0.4 is 4.90 Å². The Hall–Kier alpha value is -2.24. The van der Waals surface area contributed by atoms with Crippen molar-refractivity contribution in [3.8, 4) is 0 Å². The van der Waals surface area contributed by atoms with Gasteiger partial charge in [-0.25, -0.2) is 9.78 Å². The van der Waals surface area contributed by atoms with E-state index in [-0.39, 0.29) is 11.5 Å². The lowest BCUT2D eigenvalue weighted by Crippen LogP contribution is -2.50. The Labute approximate surface area is 155 Å². The molecule has 1 aliphatic rings. The molecule has 0 atom stereocenters. The van der Waals surface area contributed by atoms with Crippen molar-refractivity contribution in [1.82, 2.24) is 14.9 Å². The first-order valence-electron chi connectivity index (χ1n) is 9.30. The van der Waals surface area contributed by atoms with Gasteiger partial charge in [-0.05, 0) is 37.8 Å².